The van der Waals surface area contributed by atoms with Crippen LogP contribution >= 0.6 is 0 Å². The quantitative estimate of drug-likeness (QED) is 0.878. The summed E-state index contributed by atoms with van der Waals surface area (Å²) in [5.74, 6) is -0.369. The van der Waals surface area contributed by atoms with E-state index < -0.39 is 0 Å². The van der Waals surface area contributed by atoms with Gasteiger partial charge in [-0.05, 0) is 30.2 Å². The first-order valence-electron chi connectivity index (χ1n) is 8.21. The zero-order valence-corrected chi connectivity index (χ0v) is 14.5. The van der Waals surface area contributed by atoms with Gasteiger partial charge in [-0.2, -0.15) is 5.26 Å². The molecular formula is C20H21N3O2. The lowest BCUT2D eigenvalue weighted by Crippen LogP contribution is -2.32. The van der Waals surface area contributed by atoms with Crippen molar-refractivity contribution in [2.75, 3.05) is 16.8 Å². The number of carbonyl (C=O) groups excluding carboxylic acids is 2. The van der Waals surface area contributed by atoms with Crippen molar-refractivity contribution < 1.29 is 9.59 Å². The van der Waals surface area contributed by atoms with Crippen molar-refractivity contribution in [1.29, 1.82) is 5.26 Å². The van der Waals surface area contributed by atoms with Crippen LogP contribution in [-0.2, 0) is 16.0 Å². The van der Waals surface area contributed by atoms with E-state index in [1.54, 1.807) is 24.3 Å². The SMILES string of the molecule is CCc1ccccc1NC(=O)CCN(C(C)=O)c1ccccc1C#N. The van der Waals surface area contributed by atoms with Crippen molar-refractivity contribution in [1.82, 2.24) is 0 Å². The maximum Gasteiger partial charge on any atom is 0.226 e. The Morgan fingerprint density at radius 3 is 2.48 bits per heavy atom. The largest absolute Gasteiger partial charge is 0.326 e. The number of rotatable bonds is 6. The summed E-state index contributed by atoms with van der Waals surface area (Å²) in [6.07, 6.45) is 0.975. The smallest absolute Gasteiger partial charge is 0.226 e. The molecule has 2 aromatic carbocycles. The molecule has 2 rings (SSSR count). The molecule has 0 aliphatic rings. The van der Waals surface area contributed by atoms with Crippen molar-refractivity contribution in [3.63, 3.8) is 0 Å². The fraction of sp³-hybridized carbons (Fsp3) is 0.250. The Bertz CT molecular complexity index is 809. The van der Waals surface area contributed by atoms with Gasteiger partial charge < -0.3 is 10.2 Å². The fourth-order valence-corrected chi connectivity index (χ4v) is 2.63. The summed E-state index contributed by atoms with van der Waals surface area (Å²) in [7, 11) is 0. The van der Waals surface area contributed by atoms with Crippen LogP contribution in [-0.4, -0.2) is 18.4 Å². The van der Waals surface area contributed by atoms with E-state index in [9.17, 15) is 14.9 Å². The van der Waals surface area contributed by atoms with Crippen LogP contribution in [0.3, 0.4) is 0 Å². The molecule has 0 heterocycles. The number of nitrogens with one attached hydrogen (secondary N) is 1. The molecular weight excluding hydrogens is 314 g/mol. The molecule has 0 aromatic heterocycles. The van der Waals surface area contributed by atoms with Crippen LogP contribution in [0.2, 0.25) is 0 Å². The van der Waals surface area contributed by atoms with Gasteiger partial charge in [0.15, 0.2) is 0 Å². The van der Waals surface area contributed by atoms with Crippen LogP contribution in [0.4, 0.5) is 11.4 Å². The average Bonchev–Trinajstić information content (AvgIpc) is 2.62. The first-order chi connectivity index (χ1) is 12.1. The van der Waals surface area contributed by atoms with Crippen molar-refractivity contribution >= 4 is 23.2 Å². The van der Waals surface area contributed by atoms with Crippen molar-refractivity contribution in [2.45, 2.75) is 26.7 Å². The number of hydrogen-bond acceptors (Lipinski definition) is 3. The lowest BCUT2D eigenvalue weighted by molar-refractivity contribution is -0.117. The molecule has 5 nitrogen and oxygen atoms in total. The first-order valence-corrected chi connectivity index (χ1v) is 8.21. The Hall–Kier alpha value is -3.13. The number of nitrogens with zero attached hydrogens (tertiary/aromatic N) is 2. The number of aryl methyl sites for hydroxylation is 1. The Kier molecular flexibility index (Phi) is 6.30. The zero-order valence-electron chi connectivity index (χ0n) is 14.5. The highest BCUT2D eigenvalue weighted by Crippen LogP contribution is 2.20. The van der Waals surface area contributed by atoms with Gasteiger partial charge in [-0.15, -0.1) is 0 Å². The highest BCUT2D eigenvalue weighted by molar-refractivity contribution is 5.95. The van der Waals surface area contributed by atoms with Gasteiger partial charge in [0.25, 0.3) is 0 Å². The normalized spacial score (nSPS) is 9.96. The lowest BCUT2D eigenvalue weighted by atomic mass is 10.1. The van der Waals surface area contributed by atoms with E-state index in [1.165, 1.54) is 11.8 Å². The van der Waals surface area contributed by atoms with E-state index in [0.717, 1.165) is 17.7 Å². The topological polar surface area (TPSA) is 73.2 Å². The molecule has 0 aliphatic carbocycles. The molecule has 0 fully saturated rings. The average molecular weight is 335 g/mol. The highest BCUT2D eigenvalue weighted by Gasteiger charge is 2.16. The van der Waals surface area contributed by atoms with Crippen LogP contribution in [0.1, 0.15) is 31.4 Å². The number of benzene rings is 2. The van der Waals surface area contributed by atoms with Crippen molar-refractivity contribution in [2.24, 2.45) is 0 Å². The summed E-state index contributed by atoms with van der Waals surface area (Å²) in [5, 5.41) is 12.1. The van der Waals surface area contributed by atoms with Crippen LogP contribution in [0.15, 0.2) is 48.5 Å². The summed E-state index contributed by atoms with van der Waals surface area (Å²) in [6, 6.07) is 16.6. The van der Waals surface area contributed by atoms with Gasteiger partial charge in [-0.25, -0.2) is 0 Å². The molecule has 128 valence electrons. The van der Waals surface area contributed by atoms with Gasteiger partial charge in [0.2, 0.25) is 11.8 Å². The maximum atomic E-state index is 12.3. The molecule has 0 saturated carbocycles. The molecule has 0 radical (unpaired) electrons. The molecule has 0 atom stereocenters. The Labute approximate surface area is 147 Å². The Morgan fingerprint density at radius 1 is 1.12 bits per heavy atom. The second-order valence-electron chi connectivity index (χ2n) is 5.61. The minimum Gasteiger partial charge on any atom is -0.326 e. The third-order valence-electron chi connectivity index (χ3n) is 3.93. The summed E-state index contributed by atoms with van der Waals surface area (Å²) < 4.78 is 0. The summed E-state index contributed by atoms with van der Waals surface area (Å²) in [6.45, 7) is 3.67. The molecule has 0 saturated heterocycles. The number of para-hydroxylation sites is 2. The molecule has 0 bridgehead atoms. The molecule has 0 spiro atoms. The first kappa shape index (κ1) is 18.2. The molecule has 0 unspecified atom stereocenters. The number of hydrogen-bond donors (Lipinski definition) is 1. The maximum absolute atomic E-state index is 12.3. The van der Waals surface area contributed by atoms with Crippen molar-refractivity contribution in [3.05, 3.63) is 59.7 Å². The standard InChI is InChI=1S/C20H21N3O2/c1-3-16-8-4-6-10-18(16)22-20(25)12-13-23(15(2)24)19-11-7-5-9-17(19)14-21/h4-11H,3,12-13H2,1-2H3,(H,22,25). The molecule has 5 heteroatoms. The van der Waals surface area contributed by atoms with Gasteiger partial charge >= 0.3 is 0 Å². The second kappa shape index (κ2) is 8.65. The summed E-state index contributed by atoms with van der Waals surface area (Å²) in [5.41, 5.74) is 2.80. The molecule has 0 aliphatic heterocycles. The predicted octanol–water partition coefficient (Wildman–Crippen LogP) is 3.50. The minimum atomic E-state index is -0.204. The summed E-state index contributed by atoms with van der Waals surface area (Å²) in [4.78, 5) is 25.7. The van der Waals surface area contributed by atoms with E-state index in [1.807, 2.05) is 31.2 Å². The van der Waals surface area contributed by atoms with E-state index >= 15 is 0 Å². The molecule has 1 N–H and O–H groups in total. The third kappa shape index (κ3) is 4.67. The van der Waals surface area contributed by atoms with Gasteiger partial charge in [0.05, 0.1) is 11.3 Å². The summed E-state index contributed by atoms with van der Waals surface area (Å²) >= 11 is 0. The van der Waals surface area contributed by atoms with Crippen molar-refractivity contribution in [3.8, 4) is 6.07 Å². The van der Waals surface area contributed by atoms with E-state index in [4.69, 9.17) is 0 Å². The Balaban J connectivity index is 2.08. The minimum absolute atomic E-state index is 0.150. The number of amides is 2. The van der Waals surface area contributed by atoms with Gasteiger partial charge in [0, 0.05) is 25.6 Å². The predicted molar refractivity (Wildman–Crippen MR) is 98.3 cm³/mol. The molecule has 25 heavy (non-hydrogen) atoms. The van der Waals surface area contributed by atoms with Crippen LogP contribution in [0, 0.1) is 11.3 Å². The van der Waals surface area contributed by atoms with E-state index in [-0.39, 0.29) is 24.8 Å². The second-order valence-corrected chi connectivity index (χ2v) is 5.61. The van der Waals surface area contributed by atoms with Crippen LogP contribution < -0.4 is 10.2 Å². The third-order valence-corrected chi connectivity index (χ3v) is 3.93. The van der Waals surface area contributed by atoms with E-state index in [2.05, 4.69) is 11.4 Å². The monoisotopic (exact) mass is 335 g/mol. The van der Waals surface area contributed by atoms with Crippen LogP contribution in [0.5, 0.6) is 0 Å². The van der Waals surface area contributed by atoms with Gasteiger partial charge in [-0.1, -0.05) is 37.3 Å². The lowest BCUT2D eigenvalue weighted by Gasteiger charge is -2.22. The van der Waals surface area contributed by atoms with Gasteiger partial charge in [-0.3, -0.25) is 9.59 Å². The highest BCUT2D eigenvalue weighted by atomic mass is 16.2. The number of anilines is 2. The molecule has 2 amide bonds. The Morgan fingerprint density at radius 2 is 1.80 bits per heavy atom. The number of carbonyl (C=O) groups is 2. The van der Waals surface area contributed by atoms with Gasteiger partial charge in [0.1, 0.15) is 6.07 Å². The van der Waals surface area contributed by atoms with Crippen LogP contribution in [0.25, 0.3) is 0 Å². The van der Waals surface area contributed by atoms with E-state index in [0.29, 0.717) is 11.3 Å². The number of nitriles is 1. The fourth-order valence-electron chi connectivity index (χ4n) is 2.63. The zero-order chi connectivity index (χ0) is 18.2. The molecule has 2 aromatic rings.